The largest absolute Gasteiger partial charge is 0.481 e. The first-order chi connectivity index (χ1) is 12.0. The predicted octanol–water partition coefficient (Wildman–Crippen LogP) is 2.25. The number of nitrogens with one attached hydrogen (secondary N) is 1. The summed E-state index contributed by atoms with van der Waals surface area (Å²) in [6, 6.07) is 8.12. The van der Waals surface area contributed by atoms with Crippen LogP contribution in [0.25, 0.3) is 10.9 Å². The zero-order chi connectivity index (χ0) is 17.9. The van der Waals surface area contributed by atoms with E-state index in [1.54, 1.807) is 0 Å². The van der Waals surface area contributed by atoms with E-state index in [2.05, 4.69) is 28.2 Å². The van der Waals surface area contributed by atoms with Crippen molar-refractivity contribution in [2.24, 2.45) is 7.05 Å². The lowest BCUT2D eigenvalue weighted by molar-refractivity contribution is -0.140. The van der Waals surface area contributed by atoms with Crippen LogP contribution in [0.15, 0.2) is 30.5 Å². The number of hydrogen-bond acceptors (Lipinski definition) is 3. The van der Waals surface area contributed by atoms with Crippen LogP contribution in [0.4, 0.5) is 0 Å². The molecule has 0 spiro atoms. The predicted molar refractivity (Wildman–Crippen MR) is 94.4 cm³/mol. The molecule has 2 heterocycles. The van der Waals surface area contributed by atoms with Crippen molar-refractivity contribution in [2.45, 2.75) is 37.6 Å². The number of hydrogen-bond donors (Lipinski definition) is 2. The number of aliphatic carboxylic acids is 1. The lowest BCUT2D eigenvalue weighted by atomic mass is 9.86. The van der Waals surface area contributed by atoms with Gasteiger partial charge in [-0.15, -0.1) is 0 Å². The highest BCUT2D eigenvalue weighted by atomic mass is 16.5. The number of carboxylic acid groups (broad SMARTS) is 1. The second-order valence-electron chi connectivity index (χ2n) is 6.79. The van der Waals surface area contributed by atoms with Gasteiger partial charge < -0.3 is 19.7 Å². The number of nitrogens with zero attached hydrogens (tertiary/aromatic N) is 1. The molecule has 0 bridgehead atoms. The third kappa shape index (κ3) is 4.02. The lowest BCUT2D eigenvalue weighted by Crippen LogP contribution is -2.53. The maximum Gasteiger partial charge on any atom is 0.305 e. The summed E-state index contributed by atoms with van der Waals surface area (Å²) in [5.74, 6) is -0.993. The number of carboxylic acids is 1. The summed E-state index contributed by atoms with van der Waals surface area (Å²) in [5, 5.41) is 13.3. The minimum absolute atomic E-state index is 0.0592. The van der Waals surface area contributed by atoms with Crippen molar-refractivity contribution in [1.29, 1.82) is 0 Å². The van der Waals surface area contributed by atoms with Gasteiger partial charge in [0.25, 0.3) is 0 Å². The molecule has 134 valence electrons. The number of benzene rings is 1. The number of para-hydroxylation sites is 1. The van der Waals surface area contributed by atoms with Gasteiger partial charge in [-0.25, -0.2) is 0 Å². The minimum atomic E-state index is -0.892. The van der Waals surface area contributed by atoms with Crippen LogP contribution in [0.5, 0.6) is 0 Å². The third-order valence-electron chi connectivity index (χ3n) is 4.94. The zero-order valence-electron chi connectivity index (χ0n) is 14.5. The molecule has 0 unspecified atom stereocenters. The Morgan fingerprint density at radius 3 is 2.72 bits per heavy atom. The fourth-order valence-electron chi connectivity index (χ4n) is 3.63. The Morgan fingerprint density at radius 2 is 2.00 bits per heavy atom. The van der Waals surface area contributed by atoms with Crippen molar-refractivity contribution in [3.63, 3.8) is 0 Å². The summed E-state index contributed by atoms with van der Waals surface area (Å²) in [6.45, 7) is 0.966. The first kappa shape index (κ1) is 17.5. The van der Waals surface area contributed by atoms with Crippen LogP contribution in [-0.2, 0) is 27.8 Å². The normalized spacial score (nSPS) is 16.7. The summed E-state index contributed by atoms with van der Waals surface area (Å²) in [4.78, 5) is 23.7. The molecular formula is C19H24N2O4. The van der Waals surface area contributed by atoms with Gasteiger partial charge in [0.05, 0.1) is 12.0 Å². The average molecular weight is 344 g/mol. The second-order valence-corrected chi connectivity index (χ2v) is 6.79. The number of fused-ring (bicyclic) bond motifs is 1. The highest BCUT2D eigenvalue weighted by molar-refractivity contribution is 5.85. The van der Waals surface area contributed by atoms with Crippen molar-refractivity contribution in [2.75, 3.05) is 13.2 Å². The van der Waals surface area contributed by atoms with Crippen molar-refractivity contribution in [3.8, 4) is 0 Å². The smallest absolute Gasteiger partial charge is 0.305 e. The maximum absolute atomic E-state index is 12.5. The first-order valence-electron chi connectivity index (χ1n) is 8.63. The monoisotopic (exact) mass is 344 g/mol. The summed E-state index contributed by atoms with van der Waals surface area (Å²) in [7, 11) is 2.00. The van der Waals surface area contributed by atoms with Crippen molar-refractivity contribution < 1.29 is 19.4 Å². The molecular weight excluding hydrogens is 320 g/mol. The first-order valence-corrected chi connectivity index (χ1v) is 8.63. The number of aromatic nitrogens is 1. The Labute approximate surface area is 146 Å². The van der Waals surface area contributed by atoms with E-state index in [1.165, 1.54) is 0 Å². The minimum Gasteiger partial charge on any atom is -0.481 e. The standard InChI is InChI=1S/C19H24N2O4/c1-21-13-14(15-4-2-3-5-16(15)21)6-7-17(22)20-19(12-18(23)24)8-10-25-11-9-19/h2-5,13H,6-12H2,1H3,(H,20,22)(H,23,24). The quantitative estimate of drug-likeness (QED) is 0.842. The van der Waals surface area contributed by atoms with Gasteiger partial charge in [0, 0.05) is 43.8 Å². The lowest BCUT2D eigenvalue weighted by Gasteiger charge is -2.36. The average Bonchev–Trinajstić information content (AvgIpc) is 2.90. The maximum atomic E-state index is 12.5. The van der Waals surface area contributed by atoms with Gasteiger partial charge in [-0.2, -0.15) is 0 Å². The summed E-state index contributed by atoms with van der Waals surface area (Å²) >= 11 is 0. The topological polar surface area (TPSA) is 80.6 Å². The van der Waals surface area contributed by atoms with E-state index in [4.69, 9.17) is 4.74 Å². The molecule has 1 aromatic heterocycles. The van der Waals surface area contributed by atoms with Crippen LogP contribution in [0, 0.1) is 0 Å². The van der Waals surface area contributed by atoms with Gasteiger partial charge in [0.1, 0.15) is 0 Å². The number of amides is 1. The molecule has 2 aromatic rings. The van der Waals surface area contributed by atoms with Gasteiger partial charge >= 0.3 is 5.97 Å². The van der Waals surface area contributed by atoms with E-state index < -0.39 is 11.5 Å². The number of aryl methyl sites for hydroxylation is 2. The van der Waals surface area contributed by atoms with E-state index >= 15 is 0 Å². The Morgan fingerprint density at radius 1 is 1.28 bits per heavy atom. The Hall–Kier alpha value is -2.34. The van der Waals surface area contributed by atoms with Crippen molar-refractivity contribution in [3.05, 3.63) is 36.0 Å². The summed E-state index contributed by atoms with van der Waals surface area (Å²) in [5.41, 5.74) is 1.59. The van der Waals surface area contributed by atoms with Crippen LogP contribution in [0.1, 0.15) is 31.2 Å². The second kappa shape index (κ2) is 7.27. The van der Waals surface area contributed by atoms with Gasteiger partial charge in [0.2, 0.25) is 5.91 Å². The highest BCUT2D eigenvalue weighted by Gasteiger charge is 2.36. The van der Waals surface area contributed by atoms with E-state index in [9.17, 15) is 14.7 Å². The molecule has 3 rings (SSSR count). The molecule has 25 heavy (non-hydrogen) atoms. The fraction of sp³-hybridized carbons (Fsp3) is 0.474. The molecule has 6 nitrogen and oxygen atoms in total. The van der Waals surface area contributed by atoms with E-state index in [0.717, 1.165) is 16.5 Å². The molecule has 1 aromatic carbocycles. The molecule has 1 aliphatic heterocycles. The Kier molecular flexibility index (Phi) is 5.08. The molecule has 1 fully saturated rings. The van der Waals surface area contributed by atoms with Crippen LogP contribution < -0.4 is 5.32 Å². The van der Waals surface area contributed by atoms with Crippen LogP contribution >= 0.6 is 0 Å². The zero-order valence-corrected chi connectivity index (χ0v) is 14.5. The van der Waals surface area contributed by atoms with Crippen LogP contribution in [0.3, 0.4) is 0 Å². The van der Waals surface area contributed by atoms with Gasteiger partial charge in [0.15, 0.2) is 0 Å². The number of ether oxygens (including phenoxy) is 1. The van der Waals surface area contributed by atoms with E-state index in [1.807, 2.05) is 19.2 Å². The molecule has 1 amide bonds. The molecule has 0 saturated carbocycles. The fourth-order valence-corrected chi connectivity index (χ4v) is 3.63. The highest BCUT2D eigenvalue weighted by Crippen LogP contribution is 2.25. The van der Waals surface area contributed by atoms with Crippen LogP contribution in [-0.4, -0.2) is 40.3 Å². The molecule has 1 saturated heterocycles. The summed E-state index contributed by atoms with van der Waals surface area (Å²) < 4.78 is 7.38. The van der Waals surface area contributed by atoms with Gasteiger partial charge in [-0.1, -0.05) is 18.2 Å². The van der Waals surface area contributed by atoms with Gasteiger partial charge in [-0.05, 0) is 30.9 Å². The number of carbonyl (C=O) groups excluding carboxylic acids is 1. The van der Waals surface area contributed by atoms with Crippen LogP contribution in [0.2, 0.25) is 0 Å². The van der Waals surface area contributed by atoms with Gasteiger partial charge in [-0.3, -0.25) is 9.59 Å². The molecule has 6 heteroatoms. The SMILES string of the molecule is Cn1cc(CCC(=O)NC2(CC(=O)O)CCOCC2)c2ccccc21. The Balaban J connectivity index is 1.66. The number of rotatable bonds is 6. The van der Waals surface area contributed by atoms with Crippen molar-refractivity contribution >= 4 is 22.8 Å². The summed E-state index contributed by atoms with van der Waals surface area (Å²) in [6.07, 6.45) is 4.05. The van der Waals surface area contributed by atoms with E-state index in [0.29, 0.717) is 38.9 Å². The number of carbonyl (C=O) groups is 2. The Bertz CT molecular complexity index is 775. The molecule has 0 atom stereocenters. The molecule has 0 aliphatic carbocycles. The van der Waals surface area contributed by atoms with E-state index in [-0.39, 0.29) is 12.3 Å². The molecule has 0 radical (unpaired) electrons. The molecule has 1 aliphatic rings. The molecule has 2 N–H and O–H groups in total. The third-order valence-corrected chi connectivity index (χ3v) is 4.94. The van der Waals surface area contributed by atoms with Crippen molar-refractivity contribution in [1.82, 2.24) is 9.88 Å².